The molecule has 0 aliphatic carbocycles. The van der Waals surface area contributed by atoms with Gasteiger partial charge >= 0.3 is 0 Å². The van der Waals surface area contributed by atoms with Gasteiger partial charge in [-0.25, -0.2) is 4.72 Å². The molecule has 17 heavy (non-hydrogen) atoms. The molecule has 0 radical (unpaired) electrons. The first kappa shape index (κ1) is 14.8. The molecule has 0 atom stereocenters. The molecule has 0 aromatic carbocycles. The van der Waals surface area contributed by atoms with Crippen LogP contribution in [0.4, 0.5) is 0 Å². The second-order valence-electron chi connectivity index (χ2n) is 4.05. The molecule has 7 heteroatoms. The summed E-state index contributed by atoms with van der Waals surface area (Å²) in [6.45, 7) is 2.39. The molecule has 0 saturated carbocycles. The Labute approximate surface area is 103 Å². The molecule has 1 rings (SSSR count). The molecule has 0 amide bonds. The summed E-state index contributed by atoms with van der Waals surface area (Å²) in [4.78, 5) is 0. The Morgan fingerprint density at radius 2 is 1.88 bits per heavy atom. The lowest BCUT2D eigenvalue weighted by Gasteiger charge is -2.25. The molecule has 1 saturated heterocycles. The number of hydrogen-bond acceptors (Lipinski definition) is 4. The molecule has 0 aromatic heterocycles. The second-order valence-corrected chi connectivity index (χ2v) is 5.80. The SMILES string of the molecule is O=S(=O)(NCCCOCCO)N1CCCCC1. The quantitative estimate of drug-likeness (QED) is 0.592. The fraction of sp³-hybridized carbons (Fsp3) is 1.00. The van der Waals surface area contributed by atoms with E-state index in [9.17, 15) is 8.42 Å². The van der Waals surface area contributed by atoms with Crippen LogP contribution in [0.15, 0.2) is 0 Å². The van der Waals surface area contributed by atoms with E-state index in [1.54, 1.807) is 0 Å². The van der Waals surface area contributed by atoms with E-state index in [-0.39, 0.29) is 6.61 Å². The van der Waals surface area contributed by atoms with E-state index in [2.05, 4.69) is 4.72 Å². The van der Waals surface area contributed by atoms with Gasteiger partial charge in [0.1, 0.15) is 0 Å². The maximum Gasteiger partial charge on any atom is 0.279 e. The minimum Gasteiger partial charge on any atom is -0.394 e. The number of piperidine rings is 1. The van der Waals surface area contributed by atoms with Gasteiger partial charge < -0.3 is 9.84 Å². The number of rotatable bonds is 8. The average molecular weight is 266 g/mol. The average Bonchev–Trinajstić information content (AvgIpc) is 2.35. The van der Waals surface area contributed by atoms with Gasteiger partial charge in [-0.1, -0.05) is 6.42 Å². The van der Waals surface area contributed by atoms with Crippen molar-refractivity contribution in [1.82, 2.24) is 9.03 Å². The Morgan fingerprint density at radius 3 is 2.53 bits per heavy atom. The molecular weight excluding hydrogens is 244 g/mol. The summed E-state index contributed by atoms with van der Waals surface area (Å²) in [5, 5.41) is 8.48. The highest BCUT2D eigenvalue weighted by molar-refractivity contribution is 7.87. The summed E-state index contributed by atoms with van der Waals surface area (Å²) in [6.07, 6.45) is 3.62. The predicted octanol–water partition coefficient (Wildman–Crippen LogP) is -0.294. The smallest absolute Gasteiger partial charge is 0.279 e. The first-order valence-electron chi connectivity index (χ1n) is 6.10. The lowest BCUT2D eigenvalue weighted by Crippen LogP contribution is -2.43. The fourth-order valence-corrected chi connectivity index (χ4v) is 3.06. The third-order valence-electron chi connectivity index (χ3n) is 2.64. The van der Waals surface area contributed by atoms with E-state index in [0.717, 1.165) is 19.3 Å². The third-order valence-corrected chi connectivity index (χ3v) is 4.25. The molecule has 102 valence electrons. The van der Waals surface area contributed by atoms with Crippen molar-refractivity contribution in [3.63, 3.8) is 0 Å². The molecule has 0 bridgehead atoms. The van der Waals surface area contributed by atoms with Gasteiger partial charge in [-0.05, 0) is 19.3 Å². The number of hydrogen-bond donors (Lipinski definition) is 2. The molecule has 0 unspecified atom stereocenters. The molecule has 2 N–H and O–H groups in total. The Balaban J connectivity index is 2.15. The van der Waals surface area contributed by atoms with Crippen LogP contribution in [0, 0.1) is 0 Å². The van der Waals surface area contributed by atoms with Crippen LogP contribution in [-0.2, 0) is 14.9 Å². The summed E-state index contributed by atoms with van der Waals surface area (Å²) in [5.74, 6) is 0. The number of nitrogens with zero attached hydrogens (tertiary/aromatic N) is 1. The van der Waals surface area contributed by atoms with Crippen molar-refractivity contribution < 1.29 is 18.3 Å². The molecule has 0 spiro atoms. The standard InChI is InChI=1S/C10H22N2O4S/c13-8-10-16-9-4-5-11-17(14,15)12-6-2-1-3-7-12/h11,13H,1-10H2. The van der Waals surface area contributed by atoms with Gasteiger partial charge in [-0.2, -0.15) is 12.7 Å². The molecule has 6 nitrogen and oxygen atoms in total. The Hall–Kier alpha value is -0.210. The highest BCUT2D eigenvalue weighted by Crippen LogP contribution is 2.11. The van der Waals surface area contributed by atoms with Crippen LogP contribution in [0.5, 0.6) is 0 Å². The molecule has 1 heterocycles. The lowest BCUT2D eigenvalue weighted by molar-refractivity contribution is 0.0913. The van der Waals surface area contributed by atoms with Crippen LogP contribution in [0.2, 0.25) is 0 Å². The van der Waals surface area contributed by atoms with E-state index >= 15 is 0 Å². The summed E-state index contributed by atoms with van der Waals surface area (Å²) >= 11 is 0. The van der Waals surface area contributed by atoms with Crippen molar-refractivity contribution >= 4 is 10.2 Å². The zero-order valence-corrected chi connectivity index (χ0v) is 10.9. The highest BCUT2D eigenvalue weighted by Gasteiger charge is 2.22. The van der Waals surface area contributed by atoms with Crippen molar-refractivity contribution in [3.8, 4) is 0 Å². The normalized spacial score (nSPS) is 18.4. The van der Waals surface area contributed by atoms with Gasteiger partial charge in [0, 0.05) is 26.2 Å². The Kier molecular flexibility index (Phi) is 6.98. The fourth-order valence-electron chi connectivity index (χ4n) is 1.74. The predicted molar refractivity (Wildman–Crippen MR) is 64.9 cm³/mol. The minimum atomic E-state index is -3.30. The topological polar surface area (TPSA) is 78.9 Å². The van der Waals surface area contributed by atoms with Crippen molar-refractivity contribution in [2.24, 2.45) is 0 Å². The molecule has 1 aliphatic rings. The number of ether oxygens (including phenoxy) is 1. The van der Waals surface area contributed by atoms with E-state index in [4.69, 9.17) is 9.84 Å². The zero-order chi connectivity index (χ0) is 12.6. The van der Waals surface area contributed by atoms with Crippen LogP contribution < -0.4 is 4.72 Å². The van der Waals surface area contributed by atoms with Gasteiger partial charge in [-0.15, -0.1) is 0 Å². The van der Waals surface area contributed by atoms with Crippen LogP contribution in [0.1, 0.15) is 25.7 Å². The van der Waals surface area contributed by atoms with Crippen molar-refractivity contribution in [2.45, 2.75) is 25.7 Å². The first-order chi connectivity index (χ1) is 8.17. The Morgan fingerprint density at radius 1 is 1.18 bits per heavy atom. The van der Waals surface area contributed by atoms with E-state index < -0.39 is 10.2 Å². The molecule has 0 aromatic rings. The minimum absolute atomic E-state index is 0.000491. The molecular formula is C10H22N2O4S. The highest BCUT2D eigenvalue weighted by atomic mass is 32.2. The molecule has 1 aliphatic heterocycles. The summed E-state index contributed by atoms with van der Waals surface area (Å²) in [7, 11) is -3.30. The van der Waals surface area contributed by atoms with E-state index in [0.29, 0.717) is 39.3 Å². The lowest BCUT2D eigenvalue weighted by atomic mass is 10.2. The Bertz CT molecular complexity index is 289. The van der Waals surface area contributed by atoms with Gasteiger partial charge in [0.05, 0.1) is 13.2 Å². The monoisotopic (exact) mass is 266 g/mol. The largest absolute Gasteiger partial charge is 0.394 e. The number of nitrogens with one attached hydrogen (secondary N) is 1. The van der Waals surface area contributed by atoms with E-state index in [1.165, 1.54) is 4.31 Å². The zero-order valence-electron chi connectivity index (χ0n) is 10.1. The number of aliphatic hydroxyl groups is 1. The summed E-state index contributed by atoms with van der Waals surface area (Å²) in [5.41, 5.74) is 0. The number of aliphatic hydroxyl groups excluding tert-OH is 1. The van der Waals surface area contributed by atoms with Crippen LogP contribution in [-0.4, -0.2) is 57.3 Å². The van der Waals surface area contributed by atoms with Crippen molar-refractivity contribution in [2.75, 3.05) is 39.5 Å². The van der Waals surface area contributed by atoms with Crippen LogP contribution in [0.3, 0.4) is 0 Å². The summed E-state index contributed by atoms with van der Waals surface area (Å²) < 4.78 is 32.7. The van der Waals surface area contributed by atoms with Gasteiger partial charge in [-0.3, -0.25) is 0 Å². The maximum atomic E-state index is 11.8. The maximum absolute atomic E-state index is 11.8. The van der Waals surface area contributed by atoms with Crippen LogP contribution in [0.25, 0.3) is 0 Å². The van der Waals surface area contributed by atoms with E-state index in [1.807, 2.05) is 0 Å². The van der Waals surface area contributed by atoms with Gasteiger partial charge in [0.2, 0.25) is 0 Å². The first-order valence-corrected chi connectivity index (χ1v) is 7.54. The molecule has 1 fully saturated rings. The van der Waals surface area contributed by atoms with Gasteiger partial charge in [0.15, 0.2) is 0 Å². The second kappa shape index (κ2) is 7.99. The summed E-state index contributed by atoms with van der Waals surface area (Å²) in [6, 6.07) is 0. The van der Waals surface area contributed by atoms with Crippen LogP contribution >= 0.6 is 0 Å². The van der Waals surface area contributed by atoms with Crippen molar-refractivity contribution in [3.05, 3.63) is 0 Å². The van der Waals surface area contributed by atoms with Crippen molar-refractivity contribution in [1.29, 1.82) is 0 Å². The third kappa shape index (κ3) is 5.78. The van der Waals surface area contributed by atoms with Gasteiger partial charge in [0.25, 0.3) is 10.2 Å².